The minimum atomic E-state index is -0.0455. The molecular weight excluding hydrogens is 212 g/mol. The van der Waals surface area contributed by atoms with Crippen molar-refractivity contribution in [1.82, 2.24) is 19.9 Å². The van der Waals surface area contributed by atoms with E-state index in [0.29, 0.717) is 10.7 Å². The van der Waals surface area contributed by atoms with Gasteiger partial charge in [0.2, 0.25) is 0 Å². The van der Waals surface area contributed by atoms with Crippen LogP contribution in [0, 0.1) is 0 Å². The molecule has 0 aliphatic heterocycles. The van der Waals surface area contributed by atoms with Crippen LogP contribution in [0.25, 0.3) is 0 Å². The van der Waals surface area contributed by atoms with Crippen LogP contribution >= 0.6 is 11.8 Å². The molecule has 0 saturated carbocycles. The Bertz CT molecular complexity index is 420. The molecule has 0 unspecified atom stereocenters. The van der Waals surface area contributed by atoms with Crippen molar-refractivity contribution < 1.29 is 5.11 Å². The van der Waals surface area contributed by atoms with Gasteiger partial charge in [-0.15, -0.1) is 0 Å². The summed E-state index contributed by atoms with van der Waals surface area (Å²) >= 11 is 1.33. The Balaban J connectivity index is 2.11. The van der Waals surface area contributed by atoms with Crippen LogP contribution in [0.5, 0.6) is 0 Å². The lowest BCUT2D eigenvalue weighted by molar-refractivity contribution is 0.280. The van der Waals surface area contributed by atoms with Gasteiger partial charge in [-0.3, -0.25) is 4.98 Å². The molecule has 0 radical (unpaired) electrons. The summed E-state index contributed by atoms with van der Waals surface area (Å²) in [5.74, 6) is 0. The minimum Gasteiger partial charge on any atom is -0.392 e. The van der Waals surface area contributed by atoms with Gasteiger partial charge in [-0.1, -0.05) is 0 Å². The van der Waals surface area contributed by atoms with E-state index in [1.165, 1.54) is 11.8 Å². The lowest BCUT2D eigenvalue weighted by Crippen LogP contribution is -1.91. The maximum atomic E-state index is 8.81. The van der Waals surface area contributed by atoms with Crippen molar-refractivity contribution in [2.24, 2.45) is 0 Å². The average Bonchev–Trinajstić information content (AvgIpc) is 2.31. The first-order valence-electron chi connectivity index (χ1n) is 4.24. The molecule has 76 valence electrons. The van der Waals surface area contributed by atoms with Crippen molar-refractivity contribution in [3.05, 3.63) is 36.5 Å². The second-order valence-corrected chi connectivity index (χ2v) is 3.67. The van der Waals surface area contributed by atoms with E-state index in [9.17, 15) is 0 Å². The van der Waals surface area contributed by atoms with Crippen LogP contribution in [0.3, 0.4) is 0 Å². The van der Waals surface area contributed by atoms with Crippen LogP contribution < -0.4 is 0 Å². The van der Waals surface area contributed by atoms with E-state index in [4.69, 9.17) is 5.11 Å². The van der Waals surface area contributed by atoms with E-state index in [0.717, 1.165) is 5.03 Å². The van der Waals surface area contributed by atoms with E-state index in [1.54, 1.807) is 31.0 Å². The molecule has 15 heavy (non-hydrogen) atoms. The summed E-state index contributed by atoms with van der Waals surface area (Å²) in [7, 11) is 0. The van der Waals surface area contributed by atoms with Gasteiger partial charge in [0.1, 0.15) is 5.03 Å². The van der Waals surface area contributed by atoms with Crippen LogP contribution in [0.4, 0.5) is 0 Å². The first-order valence-corrected chi connectivity index (χ1v) is 5.06. The molecule has 1 N–H and O–H groups in total. The van der Waals surface area contributed by atoms with E-state index in [-0.39, 0.29) is 6.61 Å². The molecule has 0 bridgehead atoms. The Hall–Kier alpha value is -1.53. The Morgan fingerprint density at radius 2 is 1.87 bits per heavy atom. The van der Waals surface area contributed by atoms with Crippen molar-refractivity contribution in [2.75, 3.05) is 0 Å². The molecule has 2 aromatic heterocycles. The third-order valence-corrected chi connectivity index (χ3v) is 2.41. The van der Waals surface area contributed by atoms with Gasteiger partial charge >= 0.3 is 0 Å². The van der Waals surface area contributed by atoms with Crippen LogP contribution in [0.2, 0.25) is 0 Å². The zero-order chi connectivity index (χ0) is 10.5. The first kappa shape index (κ1) is 10.0. The maximum Gasteiger partial charge on any atom is 0.193 e. The van der Waals surface area contributed by atoms with Gasteiger partial charge in [0, 0.05) is 30.4 Å². The Labute approximate surface area is 90.6 Å². The standard InChI is InChI=1S/C9H8N4OS/c14-6-7-3-12-9(13-4-7)15-8-5-10-1-2-11-8/h1-5,14H,6H2. The second-order valence-electron chi connectivity index (χ2n) is 2.68. The zero-order valence-electron chi connectivity index (χ0n) is 7.74. The highest BCUT2D eigenvalue weighted by atomic mass is 32.2. The smallest absolute Gasteiger partial charge is 0.193 e. The summed E-state index contributed by atoms with van der Waals surface area (Å²) in [6, 6.07) is 0. The molecule has 6 heteroatoms. The van der Waals surface area contributed by atoms with Crippen LogP contribution in [0.15, 0.2) is 41.2 Å². The molecule has 0 aromatic carbocycles. The van der Waals surface area contributed by atoms with E-state index >= 15 is 0 Å². The predicted molar refractivity (Wildman–Crippen MR) is 54.1 cm³/mol. The van der Waals surface area contributed by atoms with Crippen LogP contribution in [0.1, 0.15) is 5.56 Å². The molecule has 0 saturated heterocycles. The van der Waals surface area contributed by atoms with E-state index in [2.05, 4.69) is 19.9 Å². The maximum absolute atomic E-state index is 8.81. The normalized spacial score (nSPS) is 10.2. The van der Waals surface area contributed by atoms with Gasteiger partial charge in [-0.05, 0) is 11.8 Å². The molecule has 2 aromatic rings. The Kier molecular flexibility index (Phi) is 3.21. The summed E-state index contributed by atoms with van der Waals surface area (Å²) in [6.07, 6.45) is 8.05. The predicted octanol–water partition coefficient (Wildman–Crippen LogP) is 0.910. The fourth-order valence-electron chi connectivity index (χ4n) is 0.909. The topological polar surface area (TPSA) is 71.8 Å². The fourth-order valence-corrected chi connectivity index (χ4v) is 1.53. The number of aliphatic hydroxyl groups is 1. The molecule has 0 fully saturated rings. The highest BCUT2D eigenvalue weighted by Crippen LogP contribution is 2.20. The second kappa shape index (κ2) is 4.81. The lowest BCUT2D eigenvalue weighted by atomic mass is 10.4. The zero-order valence-corrected chi connectivity index (χ0v) is 8.55. The molecule has 0 atom stereocenters. The van der Waals surface area contributed by atoms with Crippen molar-refractivity contribution >= 4 is 11.8 Å². The monoisotopic (exact) mass is 220 g/mol. The van der Waals surface area contributed by atoms with Crippen molar-refractivity contribution in [2.45, 2.75) is 16.8 Å². The van der Waals surface area contributed by atoms with Gasteiger partial charge < -0.3 is 5.11 Å². The summed E-state index contributed by atoms with van der Waals surface area (Å²) in [5.41, 5.74) is 0.693. The Morgan fingerprint density at radius 3 is 2.47 bits per heavy atom. The molecular formula is C9H8N4OS. The van der Waals surface area contributed by atoms with Gasteiger partial charge in [0.15, 0.2) is 5.16 Å². The molecule has 0 spiro atoms. The quantitative estimate of drug-likeness (QED) is 0.775. The summed E-state index contributed by atoms with van der Waals surface area (Å²) in [5, 5.41) is 10.1. The molecule has 2 heterocycles. The fraction of sp³-hybridized carbons (Fsp3) is 0.111. The lowest BCUT2D eigenvalue weighted by Gasteiger charge is -1.98. The summed E-state index contributed by atoms with van der Waals surface area (Å²) in [6.45, 7) is -0.0455. The van der Waals surface area contributed by atoms with Gasteiger partial charge in [-0.25, -0.2) is 15.0 Å². The number of hydrogen-bond acceptors (Lipinski definition) is 6. The molecule has 5 nitrogen and oxygen atoms in total. The third kappa shape index (κ3) is 2.71. The van der Waals surface area contributed by atoms with Crippen LogP contribution in [-0.4, -0.2) is 25.0 Å². The van der Waals surface area contributed by atoms with Gasteiger partial charge in [0.25, 0.3) is 0 Å². The number of rotatable bonds is 3. The highest BCUT2D eigenvalue weighted by molar-refractivity contribution is 7.99. The number of aromatic nitrogens is 4. The summed E-state index contributed by atoms with van der Waals surface area (Å²) in [4.78, 5) is 16.2. The van der Waals surface area contributed by atoms with Gasteiger partial charge in [-0.2, -0.15) is 0 Å². The highest BCUT2D eigenvalue weighted by Gasteiger charge is 2.01. The molecule has 0 amide bonds. The van der Waals surface area contributed by atoms with Crippen molar-refractivity contribution in [1.29, 1.82) is 0 Å². The minimum absolute atomic E-state index is 0.0455. The number of nitrogens with zero attached hydrogens (tertiary/aromatic N) is 4. The first-order chi connectivity index (χ1) is 7.38. The molecule has 0 aliphatic rings. The van der Waals surface area contributed by atoms with Gasteiger partial charge in [0.05, 0.1) is 12.8 Å². The van der Waals surface area contributed by atoms with Crippen LogP contribution in [-0.2, 0) is 6.61 Å². The Morgan fingerprint density at radius 1 is 1.07 bits per heavy atom. The molecule has 2 rings (SSSR count). The van der Waals surface area contributed by atoms with E-state index < -0.39 is 0 Å². The third-order valence-electron chi connectivity index (χ3n) is 1.60. The van der Waals surface area contributed by atoms with E-state index in [1.807, 2.05) is 0 Å². The largest absolute Gasteiger partial charge is 0.392 e. The molecule has 0 aliphatic carbocycles. The van der Waals surface area contributed by atoms with Crippen molar-refractivity contribution in [3.8, 4) is 0 Å². The van der Waals surface area contributed by atoms with Crippen molar-refractivity contribution in [3.63, 3.8) is 0 Å². The average molecular weight is 220 g/mol. The number of aliphatic hydroxyl groups excluding tert-OH is 1. The number of hydrogen-bond donors (Lipinski definition) is 1. The SMILES string of the molecule is OCc1cnc(Sc2cnccn2)nc1. The summed E-state index contributed by atoms with van der Waals surface area (Å²) < 4.78 is 0.